The van der Waals surface area contributed by atoms with Gasteiger partial charge in [0.1, 0.15) is 0 Å². The van der Waals surface area contributed by atoms with Crippen LogP contribution >= 0.6 is 0 Å². The number of benzene rings is 1. The molecule has 0 aliphatic carbocycles. The zero-order chi connectivity index (χ0) is 15.3. The number of anilines is 1. The Labute approximate surface area is 120 Å². The molecule has 6 nitrogen and oxygen atoms in total. The molecule has 7 heteroatoms. The number of rotatable bonds is 6. The lowest BCUT2D eigenvalue weighted by atomic mass is 10.3. The molecule has 0 atom stereocenters. The van der Waals surface area contributed by atoms with Gasteiger partial charge in [0.25, 0.3) is 0 Å². The van der Waals surface area contributed by atoms with Crippen molar-refractivity contribution < 1.29 is 13.2 Å². The summed E-state index contributed by atoms with van der Waals surface area (Å²) < 4.78 is 25.6. The lowest BCUT2D eigenvalue weighted by Crippen LogP contribution is -2.40. The molecule has 20 heavy (non-hydrogen) atoms. The van der Waals surface area contributed by atoms with Gasteiger partial charge in [-0.15, -0.1) is 0 Å². The molecule has 0 unspecified atom stereocenters. The van der Waals surface area contributed by atoms with Crippen molar-refractivity contribution in [2.24, 2.45) is 0 Å². The molecule has 0 saturated carbocycles. The standard InChI is InChI=1S/C13H21N3O3S/c1-4-16(5-2)13(17)10-15(3)20(18,19)12-8-6-11(14)7-9-12/h6-9H,4-5,10,14H2,1-3H3. The highest BCUT2D eigenvalue weighted by Gasteiger charge is 2.24. The third-order valence-electron chi connectivity index (χ3n) is 3.06. The zero-order valence-corrected chi connectivity index (χ0v) is 12.9. The number of hydrogen-bond acceptors (Lipinski definition) is 4. The molecule has 0 aliphatic rings. The predicted octanol–water partition coefficient (Wildman–Crippen LogP) is 0.758. The molecule has 112 valence electrons. The number of nitrogens with zero attached hydrogens (tertiary/aromatic N) is 2. The van der Waals surface area contributed by atoms with Crippen LogP contribution in [0, 0.1) is 0 Å². The monoisotopic (exact) mass is 299 g/mol. The molecule has 0 saturated heterocycles. The van der Waals surface area contributed by atoms with Crippen molar-refractivity contribution in [1.82, 2.24) is 9.21 Å². The first kappa shape index (κ1) is 16.5. The van der Waals surface area contributed by atoms with E-state index in [0.29, 0.717) is 18.8 Å². The summed E-state index contributed by atoms with van der Waals surface area (Å²) in [5.74, 6) is -0.212. The van der Waals surface area contributed by atoms with Gasteiger partial charge >= 0.3 is 0 Å². The Morgan fingerprint density at radius 3 is 2.10 bits per heavy atom. The summed E-state index contributed by atoms with van der Waals surface area (Å²) in [6, 6.07) is 5.91. The van der Waals surface area contributed by atoms with E-state index in [0.717, 1.165) is 4.31 Å². The van der Waals surface area contributed by atoms with E-state index in [4.69, 9.17) is 5.73 Å². The Balaban J connectivity index is 2.87. The zero-order valence-electron chi connectivity index (χ0n) is 12.0. The van der Waals surface area contributed by atoms with E-state index < -0.39 is 10.0 Å². The third kappa shape index (κ3) is 3.71. The van der Waals surface area contributed by atoms with E-state index >= 15 is 0 Å². The Morgan fingerprint density at radius 2 is 1.65 bits per heavy atom. The van der Waals surface area contributed by atoms with Gasteiger partial charge in [-0.25, -0.2) is 8.42 Å². The van der Waals surface area contributed by atoms with Crippen LogP contribution in [0.4, 0.5) is 5.69 Å². The van der Waals surface area contributed by atoms with Gasteiger partial charge in [-0.1, -0.05) is 0 Å². The summed E-state index contributed by atoms with van der Waals surface area (Å²) in [6.45, 7) is 4.66. The molecule has 0 bridgehead atoms. The van der Waals surface area contributed by atoms with Crippen LogP contribution in [0.3, 0.4) is 0 Å². The van der Waals surface area contributed by atoms with Gasteiger partial charge in [0.15, 0.2) is 0 Å². The van der Waals surface area contributed by atoms with Gasteiger partial charge in [0.05, 0.1) is 11.4 Å². The number of likely N-dealkylation sites (N-methyl/N-ethyl adjacent to an activating group) is 2. The Hall–Kier alpha value is -1.60. The Kier molecular flexibility index (Phi) is 5.52. The lowest BCUT2D eigenvalue weighted by molar-refractivity contribution is -0.130. The maximum absolute atomic E-state index is 12.3. The second-order valence-electron chi connectivity index (χ2n) is 4.40. The number of carbonyl (C=O) groups excluding carboxylic acids is 1. The van der Waals surface area contributed by atoms with Gasteiger partial charge in [-0.05, 0) is 38.1 Å². The van der Waals surface area contributed by atoms with Gasteiger partial charge in [-0.2, -0.15) is 4.31 Å². The maximum atomic E-state index is 12.3. The van der Waals surface area contributed by atoms with E-state index in [2.05, 4.69) is 0 Å². The number of sulfonamides is 1. The van der Waals surface area contributed by atoms with Gasteiger partial charge < -0.3 is 10.6 Å². The molecule has 0 fully saturated rings. The molecule has 0 radical (unpaired) electrons. The van der Waals surface area contributed by atoms with Crippen molar-refractivity contribution in [2.45, 2.75) is 18.7 Å². The lowest BCUT2D eigenvalue weighted by Gasteiger charge is -2.23. The minimum absolute atomic E-state index is 0.126. The van der Waals surface area contributed by atoms with Crippen molar-refractivity contribution in [1.29, 1.82) is 0 Å². The van der Waals surface area contributed by atoms with E-state index in [1.807, 2.05) is 13.8 Å². The topological polar surface area (TPSA) is 83.7 Å². The van der Waals surface area contributed by atoms with Crippen LogP contribution < -0.4 is 5.73 Å². The van der Waals surface area contributed by atoms with Crippen molar-refractivity contribution in [2.75, 3.05) is 32.4 Å². The van der Waals surface area contributed by atoms with Gasteiger partial charge in [0.2, 0.25) is 15.9 Å². The Bertz CT molecular complexity index is 551. The summed E-state index contributed by atoms with van der Waals surface area (Å²) in [6.07, 6.45) is 0. The minimum Gasteiger partial charge on any atom is -0.399 e. The normalized spacial score (nSPS) is 11.6. The van der Waals surface area contributed by atoms with Crippen LogP contribution in [0.15, 0.2) is 29.2 Å². The molecule has 0 aliphatic heterocycles. The molecule has 0 spiro atoms. The molecular weight excluding hydrogens is 278 g/mol. The van der Waals surface area contributed by atoms with Gasteiger partial charge in [0, 0.05) is 25.8 Å². The number of nitrogen functional groups attached to an aromatic ring is 1. The first-order valence-electron chi connectivity index (χ1n) is 6.42. The number of hydrogen-bond donors (Lipinski definition) is 1. The number of amides is 1. The summed E-state index contributed by atoms with van der Waals surface area (Å²) in [4.78, 5) is 13.7. The summed E-state index contributed by atoms with van der Waals surface area (Å²) in [7, 11) is -2.27. The second-order valence-corrected chi connectivity index (χ2v) is 6.44. The highest BCUT2D eigenvalue weighted by atomic mass is 32.2. The van der Waals surface area contributed by atoms with Crippen molar-refractivity contribution in [3.8, 4) is 0 Å². The van der Waals surface area contributed by atoms with Gasteiger partial charge in [-0.3, -0.25) is 4.79 Å². The van der Waals surface area contributed by atoms with Crippen LogP contribution in [0.2, 0.25) is 0 Å². The molecule has 1 amide bonds. The second kappa shape index (κ2) is 6.71. The number of nitrogens with two attached hydrogens (primary N) is 1. The first-order chi connectivity index (χ1) is 9.32. The third-order valence-corrected chi connectivity index (χ3v) is 4.88. The highest BCUT2D eigenvalue weighted by Crippen LogP contribution is 2.16. The molecule has 2 N–H and O–H groups in total. The average Bonchev–Trinajstić information content (AvgIpc) is 2.40. The van der Waals surface area contributed by atoms with Crippen LogP contribution in [0.1, 0.15) is 13.8 Å². The minimum atomic E-state index is -3.67. The predicted molar refractivity (Wildman–Crippen MR) is 78.6 cm³/mol. The van der Waals surface area contributed by atoms with Crippen molar-refractivity contribution in [3.63, 3.8) is 0 Å². The quantitative estimate of drug-likeness (QED) is 0.786. The maximum Gasteiger partial charge on any atom is 0.243 e. The fourth-order valence-corrected chi connectivity index (χ4v) is 2.89. The fourth-order valence-electron chi connectivity index (χ4n) is 1.77. The average molecular weight is 299 g/mol. The van der Waals surface area contributed by atoms with E-state index in [1.165, 1.54) is 31.3 Å². The van der Waals surface area contributed by atoms with Crippen LogP contribution in [0.25, 0.3) is 0 Å². The van der Waals surface area contributed by atoms with Crippen molar-refractivity contribution in [3.05, 3.63) is 24.3 Å². The first-order valence-corrected chi connectivity index (χ1v) is 7.86. The van der Waals surface area contributed by atoms with E-state index in [9.17, 15) is 13.2 Å². The van der Waals surface area contributed by atoms with E-state index in [-0.39, 0.29) is 17.3 Å². The molecule has 0 aromatic heterocycles. The van der Waals surface area contributed by atoms with Crippen LogP contribution in [-0.2, 0) is 14.8 Å². The summed E-state index contributed by atoms with van der Waals surface area (Å²) >= 11 is 0. The van der Waals surface area contributed by atoms with Crippen LogP contribution in [-0.4, -0.2) is 50.2 Å². The smallest absolute Gasteiger partial charge is 0.243 e. The molecule has 1 rings (SSSR count). The fraction of sp³-hybridized carbons (Fsp3) is 0.462. The molecule has 1 aromatic rings. The molecule has 0 heterocycles. The largest absolute Gasteiger partial charge is 0.399 e. The summed E-state index contributed by atoms with van der Waals surface area (Å²) in [5, 5.41) is 0. The van der Waals surface area contributed by atoms with Crippen molar-refractivity contribution >= 4 is 21.6 Å². The SMILES string of the molecule is CCN(CC)C(=O)CN(C)S(=O)(=O)c1ccc(N)cc1. The highest BCUT2D eigenvalue weighted by molar-refractivity contribution is 7.89. The number of carbonyl (C=O) groups is 1. The summed E-state index contributed by atoms with van der Waals surface area (Å²) in [5.41, 5.74) is 6.02. The molecular formula is C13H21N3O3S. The van der Waals surface area contributed by atoms with E-state index in [1.54, 1.807) is 4.90 Å². The van der Waals surface area contributed by atoms with Crippen LogP contribution in [0.5, 0.6) is 0 Å². The molecule has 1 aromatic carbocycles. The Morgan fingerprint density at radius 1 is 1.15 bits per heavy atom.